The van der Waals surface area contributed by atoms with Crippen LogP contribution < -0.4 is 5.73 Å². The van der Waals surface area contributed by atoms with Crippen molar-refractivity contribution >= 4 is 0 Å². The van der Waals surface area contributed by atoms with Crippen molar-refractivity contribution in [1.29, 1.82) is 0 Å². The Kier molecular flexibility index (Phi) is 4.03. The van der Waals surface area contributed by atoms with Gasteiger partial charge in [-0.2, -0.15) is 0 Å². The van der Waals surface area contributed by atoms with Crippen LogP contribution in [0.5, 0.6) is 0 Å². The van der Waals surface area contributed by atoms with Gasteiger partial charge in [0.15, 0.2) is 0 Å². The molecule has 0 aromatic heterocycles. The maximum Gasteiger partial charge on any atom is 0.0338 e. The summed E-state index contributed by atoms with van der Waals surface area (Å²) < 4.78 is 0. The molecule has 3 nitrogen and oxygen atoms in total. The van der Waals surface area contributed by atoms with Crippen molar-refractivity contribution in [2.45, 2.75) is 65.0 Å². The molecule has 1 aliphatic heterocycles. The van der Waals surface area contributed by atoms with E-state index in [4.69, 9.17) is 5.73 Å². The molecule has 3 heteroatoms. The summed E-state index contributed by atoms with van der Waals surface area (Å²) in [6, 6.07) is 0. The quantitative estimate of drug-likeness (QED) is 0.833. The molecule has 1 aliphatic carbocycles. The minimum atomic E-state index is 0.285. The van der Waals surface area contributed by atoms with Gasteiger partial charge in [-0.3, -0.25) is 9.80 Å². The number of rotatable bonds is 2. The molecule has 0 aromatic rings. The Morgan fingerprint density at radius 3 is 1.95 bits per heavy atom. The third-order valence-electron chi connectivity index (χ3n) is 5.35. The predicted octanol–water partition coefficient (Wildman–Crippen LogP) is 2.31. The second-order valence-electron chi connectivity index (χ2n) is 8.41. The largest absolute Gasteiger partial charge is 0.329 e. The molecule has 0 bridgehead atoms. The van der Waals surface area contributed by atoms with Crippen LogP contribution in [0.4, 0.5) is 0 Å². The molecular weight excluding hydrogens is 234 g/mol. The van der Waals surface area contributed by atoms with Crippen molar-refractivity contribution in [2.24, 2.45) is 11.1 Å². The highest BCUT2D eigenvalue weighted by Crippen LogP contribution is 2.46. The molecule has 1 unspecified atom stereocenters. The van der Waals surface area contributed by atoms with E-state index in [2.05, 4.69) is 44.4 Å². The van der Waals surface area contributed by atoms with Crippen LogP contribution in [0.25, 0.3) is 0 Å². The van der Waals surface area contributed by atoms with Gasteiger partial charge in [0.2, 0.25) is 0 Å². The van der Waals surface area contributed by atoms with Gasteiger partial charge < -0.3 is 5.73 Å². The van der Waals surface area contributed by atoms with Gasteiger partial charge in [-0.1, -0.05) is 13.8 Å². The highest BCUT2D eigenvalue weighted by Gasteiger charge is 2.47. The van der Waals surface area contributed by atoms with Crippen molar-refractivity contribution in [3.63, 3.8) is 0 Å². The zero-order valence-electron chi connectivity index (χ0n) is 13.6. The van der Waals surface area contributed by atoms with E-state index in [0.717, 1.165) is 6.54 Å². The molecule has 0 spiro atoms. The van der Waals surface area contributed by atoms with Crippen molar-refractivity contribution < 1.29 is 0 Å². The minimum absolute atomic E-state index is 0.285. The molecule has 19 heavy (non-hydrogen) atoms. The first kappa shape index (κ1) is 15.3. The molecular formula is C16H33N3. The summed E-state index contributed by atoms with van der Waals surface area (Å²) in [4.78, 5) is 5.30. The van der Waals surface area contributed by atoms with E-state index in [-0.39, 0.29) is 5.54 Å². The standard InChI is InChI=1S/C16H33N3/c1-14(2,3)18-8-10-19(11-9-18)16(13-17)7-6-15(4,5)12-16/h6-13,17H2,1-5H3. The lowest BCUT2D eigenvalue weighted by Gasteiger charge is -2.49. The summed E-state index contributed by atoms with van der Waals surface area (Å²) in [7, 11) is 0. The molecule has 1 atom stereocenters. The Hall–Kier alpha value is -0.120. The second-order valence-corrected chi connectivity index (χ2v) is 8.41. The summed E-state index contributed by atoms with van der Waals surface area (Å²) in [5, 5.41) is 0. The fraction of sp³-hybridized carbons (Fsp3) is 1.00. The zero-order chi connectivity index (χ0) is 14.3. The molecule has 2 rings (SSSR count). The van der Waals surface area contributed by atoms with Gasteiger partial charge >= 0.3 is 0 Å². The third-order valence-corrected chi connectivity index (χ3v) is 5.35. The summed E-state index contributed by atoms with van der Waals surface area (Å²) in [6.45, 7) is 17.3. The molecule has 2 fully saturated rings. The number of hydrogen-bond donors (Lipinski definition) is 1. The lowest BCUT2D eigenvalue weighted by Crippen LogP contribution is -2.61. The Morgan fingerprint density at radius 2 is 1.58 bits per heavy atom. The van der Waals surface area contributed by atoms with E-state index in [9.17, 15) is 0 Å². The fourth-order valence-corrected chi connectivity index (χ4v) is 4.06. The van der Waals surface area contributed by atoms with Gasteiger partial charge in [0.05, 0.1) is 0 Å². The van der Waals surface area contributed by atoms with Crippen LogP contribution in [-0.2, 0) is 0 Å². The normalized spacial score (nSPS) is 33.8. The number of nitrogens with zero attached hydrogens (tertiary/aromatic N) is 2. The zero-order valence-corrected chi connectivity index (χ0v) is 13.6. The number of piperazine rings is 1. The fourth-order valence-electron chi connectivity index (χ4n) is 4.06. The summed E-state index contributed by atoms with van der Waals surface area (Å²) in [5.74, 6) is 0. The molecule has 2 N–H and O–H groups in total. The maximum atomic E-state index is 6.19. The van der Waals surface area contributed by atoms with E-state index in [1.807, 2.05) is 0 Å². The van der Waals surface area contributed by atoms with Crippen LogP contribution in [0.15, 0.2) is 0 Å². The van der Waals surface area contributed by atoms with E-state index >= 15 is 0 Å². The van der Waals surface area contributed by atoms with Gasteiger partial charge in [0, 0.05) is 43.8 Å². The van der Waals surface area contributed by atoms with Crippen LogP contribution in [-0.4, -0.2) is 53.6 Å². The first-order valence-corrected chi connectivity index (χ1v) is 7.89. The van der Waals surface area contributed by atoms with Crippen molar-refractivity contribution in [2.75, 3.05) is 32.7 Å². The average Bonchev–Trinajstić information content (AvgIpc) is 2.65. The lowest BCUT2D eigenvalue weighted by atomic mass is 9.86. The van der Waals surface area contributed by atoms with E-state index in [1.165, 1.54) is 45.4 Å². The Labute approximate surface area is 119 Å². The van der Waals surface area contributed by atoms with Gasteiger partial charge in [0.25, 0.3) is 0 Å². The van der Waals surface area contributed by atoms with Gasteiger partial charge in [0.1, 0.15) is 0 Å². The van der Waals surface area contributed by atoms with E-state index in [1.54, 1.807) is 0 Å². The van der Waals surface area contributed by atoms with Crippen molar-refractivity contribution in [1.82, 2.24) is 9.80 Å². The van der Waals surface area contributed by atoms with Crippen LogP contribution in [0.3, 0.4) is 0 Å². The predicted molar refractivity (Wildman–Crippen MR) is 82.3 cm³/mol. The summed E-state index contributed by atoms with van der Waals surface area (Å²) >= 11 is 0. The Morgan fingerprint density at radius 1 is 1.00 bits per heavy atom. The highest BCUT2D eigenvalue weighted by molar-refractivity contribution is 5.03. The van der Waals surface area contributed by atoms with Gasteiger partial charge in [-0.25, -0.2) is 0 Å². The number of hydrogen-bond acceptors (Lipinski definition) is 3. The SMILES string of the molecule is CC1(C)CCC(CN)(N2CCN(C(C)(C)C)CC2)C1. The summed E-state index contributed by atoms with van der Waals surface area (Å²) in [5.41, 5.74) is 7.25. The average molecular weight is 267 g/mol. The van der Waals surface area contributed by atoms with Gasteiger partial charge in [-0.05, 0) is 45.4 Å². The van der Waals surface area contributed by atoms with Gasteiger partial charge in [-0.15, -0.1) is 0 Å². The summed E-state index contributed by atoms with van der Waals surface area (Å²) in [6.07, 6.45) is 3.88. The first-order chi connectivity index (χ1) is 8.69. The monoisotopic (exact) mass is 267 g/mol. The molecule has 0 radical (unpaired) electrons. The van der Waals surface area contributed by atoms with Crippen LogP contribution in [0, 0.1) is 5.41 Å². The van der Waals surface area contributed by atoms with Crippen molar-refractivity contribution in [3.8, 4) is 0 Å². The first-order valence-electron chi connectivity index (χ1n) is 7.89. The second kappa shape index (κ2) is 5.01. The molecule has 112 valence electrons. The van der Waals surface area contributed by atoms with E-state index < -0.39 is 0 Å². The van der Waals surface area contributed by atoms with E-state index in [0.29, 0.717) is 11.0 Å². The Bertz CT molecular complexity index is 310. The molecule has 1 saturated carbocycles. The maximum absolute atomic E-state index is 6.19. The smallest absolute Gasteiger partial charge is 0.0338 e. The Balaban J connectivity index is 2.00. The van der Waals surface area contributed by atoms with Crippen LogP contribution in [0.2, 0.25) is 0 Å². The molecule has 1 heterocycles. The van der Waals surface area contributed by atoms with Crippen LogP contribution in [0.1, 0.15) is 53.9 Å². The molecule has 1 saturated heterocycles. The number of nitrogens with two attached hydrogens (primary N) is 1. The highest BCUT2D eigenvalue weighted by atomic mass is 15.3. The molecule has 0 amide bonds. The third kappa shape index (κ3) is 3.14. The molecule has 2 aliphatic rings. The van der Waals surface area contributed by atoms with Crippen LogP contribution >= 0.6 is 0 Å². The molecule has 0 aromatic carbocycles. The topological polar surface area (TPSA) is 32.5 Å². The van der Waals surface area contributed by atoms with Crippen molar-refractivity contribution in [3.05, 3.63) is 0 Å². The lowest BCUT2D eigenvalue weighted by molar-refractivity contribution is 0.00258. The minimum Gasteiger partial charge on any atom is -0.329 e.